The fourth-order valence-electron chi connectivity index (χ4n) is 3.73. The third kappa shape index (κ3) is 5.85. The lowest BCUT2D eigenvalue weighted by Gasteiger charge is -2.33. The van der Waals surface area contributed by atoms with Crippen LogP contribution >= 0.6 is 15.9 Å². The first-order chi connectivity index (χ1) is 15.2. The van der Waals surface area contributed by atoms with Crippen molar-refractivity contribution < 1.29 is 9.53 Å². The molecule has 1 aromatic carbocycles. The molecule has 0 radical (unpaired) electrons. The van der Waals surface area contributed by atoms with Crippen molar-refractivity contribution in [1.82, 2.24) is 15.3 Å². The predicted octanol–water partition coefficient (Wildman–Crippen LogP) is 4.85. The van der Waals surface area contributed by atoms with Crippen molar-refractivity contribution in [3.8, 4) is 0 Å². The maximum atomic E-state index is 11.8. The lowest BCUT2D eigenvalue weighted by atomic mass is 9.80. The van der Waals surface area contributed by atoms with Crippen molar-refractivity contribution in [1.29, 1.82) is 0 Å². The Labute approximate surface area is 197 Å². The SMILES string of the molecule is CC(C)(C)OC(=O)NCC1CC(N=CC(=C(N)C2CC2)c2cnc3cc(Br)ccc3n2)C1. The number of fused-ring (bicyclic) bond motifs is 1. The molecule has 4 rings (SSSR count). The molecule has 0 spiro atoms. The van der Waals surface area contributed by atoms with Crippen molar-refractivity contribution in [3.05, 3.63) is 40.3 Å². The zero-order valence-electron chi connectivity index (χ0n) is 18.8. The number of aromatic nitrogens is 2. The van der Waals surface area contributed by atoms with E-state index in [2.05, 4.69) is 26.2 Å². The van der Waals surface area contributed by atoms with Crippen LogP contribution in [0.1, 0.15) is 52.1 Å². The zero-order chi connectivity index (χ0) is 22.9. The van der Waals surface area contributed by atoms with Crippen LogP contribution in [0, 0.1) is 11.8 Å². The molecule has 3 N–H and O–H groups in total. The molecule has 0 unspecified atom stereocenters. The van der Waals surface area contributed by atoms with Crippen LogP contribution in [-0.4, -0.2) is 40.5 Å². The summed E-state index contributed by atoms with van der Waals surface area (Å²) in [6.45, 7) is 6.19. The second-order valence-corrected chi connectivity index (χ2v) is 10.6. The minimum absolute atomic E-state index is 0.229. The zero-order valence-corrected chi connectivity index (χ0v) is 20.4. The summed E-state index contributed by atoms with van der Waals surface area (Å²) >= 11 is 3.47. The van der Waals surface area contributed by atoms with E-state index >= 15 is 0 Å². The first-order valence-corrected chi connectivity index (χ1v) is 11.9. The molecule has 8 heteroatoms. The van der Waals surface area contributed by atoms with Gasteiger partial charge in [-0.3, -0.25) is 9.98 Å². The number of ether oxygens (including phenoxy) is 1. The van der Waals surface area contributed by atoms with E-state index in [0.29, 0.717) is 18.4 Å². The minimum atomic E-state index is -0.483. The van der Waals surface area contributed by atoms with E-state index in [1.807, 2.05) is 45.2 Å². The highest BCUT2D eigenvalue weighted by Gasteiger charge is 2.30. The average molecular weight is 500 g/mol. The summed E-state index contributed by atoms with van der Waals surface area (Å²) < 4.78 is 6.26. The smallest absolute Gasteiger partial charge is 0.407 e. The van der Waals surface area contributed by atoms with Crippen molar-refractivity contribution in [2.24, 2.45) is 22.6 Å². The Kier molecular flexibility index (Phi) is 6.51. The summed E-state index contributed by atoms with van der Waals surface area (Å²) in [6, 6.07) is 6.09. The van der Waals surface area contributed by atoms with Crippen molar-refractivity contribution in [2.45, 2.75) is 58.1 Å². The number of rotatable bonds is 6. The van der Waals surface area contributed by atoms with Gasteiger partial charge in [0.2, 0.25) is 0 Å². The lowest BCUT2D eigenvalue weighted by molar-refractivity contribution is 0.0507. The molecule has 2 aliphatic carbocycles. The molecule has 0 atom stereocenters. The summed E-state index contributed by atoms with van der Waals surface area (Å²) in [5.74, 6) is 0.822. The average Bonchev–Trinajstić information content (AvgIpc) is 3.52. The number of alkyl carbamates (subject to hydrolysis) is 1. The number of hydrogen-bond acceptors (Lipinski definition) is 6. The molecule has 2 aliphatic rings. The van der Waals surface area contributed by atoms with E-state index in [9.17, 15) is 4.79 Å². The number of aliphatic imine (C=N–C) groups is 1. The molecule has 2 saturated carbocycles. The number of nitrogens with two attached hydrogens (primary N) is 1. The summed E-state index contributed by atoms with van der Waals surface area (Å²) in [5, 5.41) is 2.85. The normalized spacial score (nSPS) is 21.9. The largest absolute Gasteiger partial charge is 0.444 e. The van der Waals surface area contributed by atoms with Gasteiger partial charge in [0.1, 0.15) is 5.60 Å². The van der Waals surface area contributed by atoms with Crippen LogP contribution in [-0.2, 0) is 4.74 Å². The highest BCUT2D eigenvalue weighted by Crippen LogP contribution is 2.37. The molecule has 170 valence electrons. The van der Waals surface area contributed by atoms with Crippen LogP contribution < -0.4 is 11.1 Å². The lowest BCUT2D eigenvalue weighted by Crippen LogP contribution is -2.40. The van der Waals surface area contributed by atoms with E-state index in [1.54, 1.807) is 6.20 Å². The highest BCUT2D eigenvalue weighted by molar-refractivity contribution is 9.10. The van der Waals surface area contributed by atoms with Crippen molar-refractivity contribution in [3.63, 3.8) is 0 Å². The number of benzene rings is 1. The molecule has 0 bridgehead atoms. The number of halogens is 1. The summed E-state index contributed by atoms with van der Waals surface area (Å²) in [5.41, 5.74) is 10.1. The number of nitrogens with zero attached hydrogens (tertiary/aromatic N) is 3. The molecule has 1 heterocycles. The van der Waals surface area contributed by atoms with Gasteiger partial charge in [0.25, 0.3) is 0 Å². The number of allylic oxidation sites excluding steroid dienone is 2. The van der Waals surface area contributed by atoms with Crippen molar-refractivity contribution in [2.75, 3.05) is 6.54 Å². The van der Waals surface area contributed by atoms with Crippen LogP contribution in [0.5, 0.6) is 0 Å². The number of amides is 1. The number of hydrogen-bond donors (Lipinski definition) is 2. The number of carbonyl (C=O) groups is 1. The Morgan fingerprint density at radius 1 is 1.31 bits per heavy atom. The summed E-state index contributed by atoms with van der Waals surface area (Å²) in [7, 11) is 0. The molecule has 0 aliphatic heterocycles. The molecule has 7 nitrogen and oxygen atoms in total. The van der Waals surface area contributed by atoms with Gasteiger partial charge in [-0.05, 0) is 76.5 Å². The quantitative estimate of drug-likeness (QED) is 0.553. The predicted molar refractivity (Wildman–Crippen MR) is 130 cm³/mol. The molecule has 1 aromatic heterocycles. The fraction of sp³-hybridized carbons (Fsp3) is 0.500. The van der Waals surface area contributed by atoms with Gasteiger partial charge in [-0.2, -0.15) is 0 Å². The maximum Gasteiger partial charge on any atom is 0.407 e. The second-order valence-electron chi connectivity index (χ2n) is 9.68. The Bertz CT molecular complexity index is 1070. The van der Waals surface area contributed by atoms with E-state index in [-0.39, 0.29) is 12.1 Å². The Morgan fingerprint density at radius 2 is 2.06 bits per heavy atom. The number of carbonyl (C=O) groups excluding carboxylic acids is 1. The minimum Gasteiger partial charge on any atom is -0.444 e. The van der Waals surface area contributed by atoms with Crippen LogP contribution in [0.2, 0.25) is 0 Å². The van der Waals surface area contributed by atoms with E-state index < -0.39 is 5.60 Å². The van der Waals surface area contributed by atoms with E-state index in [0.717, 1.165) is 58.2 Å². The highest BCUT2D eigenvalue weighted by atomic mass is 79.9. The Morgan fingerprint density at radius 3 is 2.75 bits per heavy atom. The molecule has 1 amide bonds. The van der Waals surface area contributed by atoms with Gasteiger partial charge < -0.3 is 15.8 Å². The summed E-state index contributed by atoms with van der Waals surface area (Å²) in [4.78, 5) is 26.0. The van der Waals surface area contributed by atoms with E-state index in [4.69, 9.17) is 20.4 Å². The van der Waals surface area contributed by atoms with Gasteiger partial charge in [-0.15, -0.1) is 0 Å². The van der Waals surface area contributed by atoms with Crippen LogP contribution in [0.25, 0.3) is 16.6 Å². The first-order valence-electron chi connectivity index (χ1n) is 11.1. The van der Waals surface area contributed by atoms with Crippen LogP contribution in [0.3, 0.4) is 0 Å². The summed E-state index contributed by atoms with van der Waals surface area (Å²) in [6.07, 6.45) is 7.37. The van der Waals surface area contributed by atoms with Gasteiger partial charge in [0.05, 0.1) is 29.0 Å². The number of nitrogens with one attached hydrogen (secondary N) is 1. The first kappa shape index (κ1) is 22.7. The third-order valence-electron chi connectivity index (χ3n) is 5.67. The molecule has 2 aromatic rings. The van der Waals surface area contributed by atoms with E-state index in [1.165, 1.54) is 0 Å². The van der Waals surface area contributed by atoms with Crippen molar-refractivity contribution >= 4 is 44.8 Å². The van der Waals surface area contributed by atoms with Crippen LogP contribution in [0.15, 0.2) is 39.6 Å². The third-order valence-corrected chi connectivity index (χ3v) is 6.16. The Balaban J connectivity index is 1.39. The molecule has 32 heavy (non-hydrogen) atoms. The molecular weight excluding hydrogens is 470 g/mol. The van der Waals surface area contributed by atoms with Crippen LogP contribution in [0.4, 0.5) is 4.79 Å². The second kappa shape index (κ2) is 9.17. The van der Waals surface area contributed by atoms with Gasteiger partial charge in [-0.25, -0.2) is 9.78 Å². The maximum absolute atomic E-state index is 11.8. The molecular formula is C24H30BrN5O2. The van der Waals surface area contributed by atoms with Gasteiger partial charge in [0, 0.05) is 28.5 Å². The Hall–Kier alpha value is -2.48. The van der Waals surface area contributed by atoms with Gasteiger partial charge in [0.15, 0.2) is 0 Å². The standard InChI is InChI=1S/C24H30BrN5O2/c1-24(2,3)32-23(31)29-11-14-8-17(9-14)27-12-18(22(26)15-4-5-15)21-13-28-20-10-16(25)6-7-19(20)30-21/h6-7,10,12-15,17H,4-5,8-9,11,26H2,1-3H3,(H,29,31). The molecule has 2 fully saturated rings. The monoisotopic (exact) mass is 499 g/mol. The topological polar surface area (TPSA) is 102 Å². The van der Waals surface area contributed by atoms with Gasteiger partial charge in [-0.1, -0.05) is 15.9 Å². The fourth-order valence-corrected chi connectivity index (χ4v) is 4.08. The molecule has 0 saturated heterocycles. The van der Waals surface area contributed by atoms with Gasteiger partial charge >= 0.3 is 6.09 Å².